The summed E-state index contributed by atoms with van der Waals surface area (Å²) in [6.45, 7) is 1.48. The van der Waals surface area contributed by atoms with Crippen molar-refractivity contribution in [3.05, 3.63) is 81.3 Å². The number of anilines is 3. The van der Waals surface area contributed by atoms with E-state index in [1.165, 1.54) is 35.7 Å². The lowest BCUT2D eigenvalue weighted by atomic mass is 10.2. The van der Waals surface area contributed by atoms with E-state index in [1.807, 2.05) is 18.2 Å². The zero-order valence-electron chi connectivity index (χ0n) is 17.6. The minimum atomic E-state index is -4.17. The van der Waals surface area contributed by atoms with E-state index < -0.39 is 21.6 Å². The Morgan fingerprint density at radius 2 is 2.03 bits per heavy atom. The molecule has 0 atom stereocenters. The third-order valence-corrected chi connectivity index (χ3v) is 9.51. The molecule has 172 valence electrons. The van der Waals surface area contributed by atoms with E-state index in [4.69, 9.17) is 0 Å². The number of hydrogen-bond donors (Lipinski definition) is 1. The Balaban J connectivity index is 1.35. The summed E-state index contributed by atoms with van der Waals surface area (Å²) < 4.78 is 41.9. The summed E-state index contributed by atoms with van der Waals surface area (Å²) in [6, 6.07) is 13.1. The van der Waals surface area contributed by atoms with Gasteiger partial charge in [-0.3, -0.25) is 14.1 Å². The molecule has 2 aromatic carbocycles. The number of thiophene rings is 1. The molecule has 1 aromatic heterocycles. The standard InChI is InChI=1S/C23H17FN4O3S3/c24-15-3-1-2-14(10-15)13-28-17-6-9-32-22(17)21(29)20(34(28,30)31)12-26-16-4-5-19-18(11-16)27-8-7-25-23(27)33-19/h1-6,9-12,26H,7-8,13H2/b20-12-. The van der Waals surface area contributed by atoms with Crippen molar-refractivity contribution in [2.24, 2.45) is 4.99 Å². The van der Waals surface area contributed by atoms with Crippen molar-refractivity contribution >= 4 is 61.1 Å². The Morgan fingerprint density at radius 1 is 1.15 bits per heavy atom. The number of benzene rings is 2. The molecule has 6 rings (SSSR count). The smallest absolute Gasteiger partial charge is 0.270 e. The number of hydrogen-bond acceptors (Lipinski definition) is 8. The molecule has 3 aliphatic heterocycles. The molecule has 3 aliphatic rings. The molecule has 0 bridgehead atoms. The Morgan fingerprint density at radius 3 is 2.88 bits per heavy atom. The number of thioether (sulfide) groups is 1. The van der Waals surface area contributed by atoms with Gasteiger partial charge in [0.25, 0.3) is 10.0 Å². The van der Waals surface area contributed by atoms with E-state index in [1.54, 1.807) is 29.3 Å². The van der Waals surface area contributed by atoms with E-state index >= 15 is 0 Å². The minimum absolute atomic E-state index is 0.0818. The molecule has 0 fully saturated rings. The molecule has 1 N–H and O–H groups in total. The predicted octanol–water partition coefficient (Wildman–Crippen LogP) is 4.66. The normalized spacial score (nSPS) is 19.1. The molecule has 7 nitrogen and oxygen atoms in total. The fraction of sp³-hybridized carbons (Fsp3) is 0.130. The number of sulfonamides is 1. The Bertz CT molecular complexity index is 1510. The molecule has 34 heavy (non-hydrogen) atoms. The Hall–Kier alpha value is -3.15. The largest absolute Gasteiger partial charge is 0.360 e. The number of rotatable bonds is 4. The number of Topliss-reactive ketones (excluding diaryl/α,β-unsaturated/α-hetero) is 1. The van der Waals surface area contributed by atoms with Crippen molar-refractivity contribution in [3.63, 3.8) is 0 Å². The number of carbonyl (C=O) groups excluding carboxylic acids is 1. The van der Waals surface area contributed by atoms with Gasteiger partial charge in [-0.1, -0.05) is 12.1 Å². The summed E-state index contributed by atoms with van der Waals surface area (Å²) in [4.78, 5) is 20.8. The molecule has 11 heteroatoms. The quantitative estimate of drug-likeness (QED) is 0.513. The number of aliphatic imine (C=N–C) groups is 1. The third-order valence-electron chi connectivity index (χ3n) is 5.75. The van der Waals surface area contributed by atoms with E-state index in [0.29, 0.717) is 21.8 Å². The number of amidine groups is 1. The minimum Gasteiger partial charge on any atom is -0.360 e. The zero-order valence-corrected chi connectivity index (χ0v) is 20.0. The summed E-state index contributed by atoms with van der Waals surface area (Å²) in [5, 5.41) is 5.65. The topological polar surface area (TPSA) is 82.1 Å². The third kappa shape index (κ3) is 3.42. The van der Waals surface area contributed by atoms with Crippen LogP contribution in [0.1, 0.15) is 15.2 Å². The highest BCUT2D eigenvalue weighted by atomic mass is 32.2. The van der Waals surface area contributed by atoms with Gasteiger partial charge in [0.05, 0.1) is 24.5 Å². The van der Waals surface area contributed by atoms with Gasteiger partial charge < -0.3 is 10.2 Å². The number of halogens is 1. The molecule has 0 aliphatic carbocycles. The van der Waals surface area contributed by atoms with Gasteiger partial charge in [-0.05, 0) is 59.1 Å². The second-order valence-corrected chi connectivity index (χ2v) is 11.6. The van der Waals surface area contributed by atoms with Gasteiger partial charge in [-0.25, -0.2) is 12.8 Å². The highest BCUT2D eigenvalue weighted by Crippen LogP contribution is 2.43. The van der Waals surface area contributed by atoms with E-state index in [2.05, 4.69) is 15.2 Å². The van der Waals surface area contributed by atoms with Crippen LogP contribution in [0.15, 0.2) is 74.9 Å². The first-order valence-electron chi connectivity index (χ1n) is 10.4. The van der Waals surface area contributed by atoms with Gasteiger partial charge in [0.1, 0.15) is 10.7 Å². The average Bonchev–Trinajstić information content (AvgIpc) is 3.53. The lowest BCUT2D eigenvalue weighted by Gasteiger charge is -2.29. The monoisotopic (exact) mass is 512 g/mol. The maximum atomic E-state index is 13.7. The number of fused-ring (bicyclic) bond motifs is 4. The molecule has 4 heterocycles. The maximum absolute atomic E-state index is 13.7. The number of carbonyl (C=O) groups is 1. The van der Waals surface area contributed by atoms with Crippen LogP contribution in [-0.4, -0.2) is 32.5 Å². The van der Waals surface area contributed by atoms with E-state index in [9.17, 15) is 17.6 Å². The number of nitrogens with zero attached hydrogens (tertiary/aromatic N) is 3. The fourth-order valence-electron chi connectivity index (χ4n) is 4.15. The SMILES string of the molecule is O=C1/C(=C/Nc2ccc3c(c2)N2CCN=C2S3)S(=O)(=O)N(Cc2cccc(F)c2)c2ccsc21. The van der Waals surface area contributed by atoms with Crippen molar-refractivity contribution < 1.29 is 17.6 Å². The van der Waals surface area contributed by atoms with Gasteiger partial charge >= 0.3 is 0 Å². The molecule has 0 spiro atoms. The second-order valence-electron chi connectivity index (χ2n) is 7.86. The first-order valence-corrected chi connectivity index (χ1v) is 13.6. The molecule has 0 amide bonds. The van der Waals surface area contributed by atoms with Crippen LogP contribution in [0.4, 0.5) is 21.5 Å². The van der Waals surface area contributed by atoms with Crippen molar-refractivity contribution in [2.45, 2.75) is 11.4 Å². The summed E-state index contributed by atoms with van der Waals surface area (Å²) in [7, 11) is -4.17. The first kappa shape index (κ1) is 21.4. The maximum Gasteiger partial charge on any atom is 0.270 e. The Labute approximate surface area is 203 Å². The van der Waals surface area contributed by atoms with Crippen LogP contribution >= 0.6 is 23.1 Å². The van der Waals surface area contributed by atoms with Gasteiger partial charge in [0.15, 0.2) is 10.1 Å². The summed E-state index contributed by atoms with van der Waals surface area (Å²) in [5.41, 5.74) is 2.47. The zero-order chi connectivity index (χ0) is 23.4. The Kier molecular flexibility index (Phi) is 5.01. The van der Waals surface area contributed by atoms with E-state index in [0.717, 1.165) is 33.1 Å². The highest BCUT2D eigenvalue weighted by molar-refractivity contribution is 8.14. The van der Waals surface area contributed by atoms with Crippen molar-refractivity contribution in [3.8, 4) is 0 Å². The van der Waals surface area contributed by atoms with Crippen molar-refractivity contribution in [1.82, 2.24) is 0 Å². The van der Waals surface area contributed by atoms with Crippen molar-refractivity contribution in [2.75, 3.05) is 27.6 Å². The molecular weight excluding hydrogens is 495 g/mol. The van der Waals surface area contributed by atoms with Crippen LogP contribution in [0.2, 0.25) is 0 Å². The lowest BCUT2D eigenvalue weighted by Crippen LogP contribution is -2.38. The highest BCUT2D eigenvalue weighted by Gasteiger charge is 2.41. The molecule has 0 unspecified atom stereocenters. The van der Waals surface area contributed by atoms with Gasteiger partial charge in [-0.2, -0.15) is 0 Å². The first-order chi connectivity index (χ1) is 16.4. The van der Waals surface area contributed by atoms with Crippen LogP contribution < -0.4 is 14.5 Å². The number of nitrogens with one attached hydrogen (secondary N) is 1. The molecule has 0 radical (unpaired) electrons. The van der Waals surface area contributed by atoms with E-state index in [-0.39, 0.29) is 11.4 Å². The van der Waals surface area contributed by atoms with Crippen LogP contribution in [-0.2, 0) is 16.6 Å². The van der Waals surface area contributed by atoms with Gasteiger partial charge in [0, 0.05) is 23.3 Å². The van der Waals surface area contributed by atoms with Crippen LogP contribution in [0, 0.1) is 5.82 Å². The second kappa shape index (κ2) is 7.97. The number of ketones is 1. The van der Waals surface area contributed by atoms with Gasteiger partial charge in [-0.15, -0.1) is 11.3 Å². The molecule has 0 saturated heterocycles. The van der Waals surface area contributed by atoms with Crippen LogP contribution in [0.3, 0.4) is 0 Å². The van der Waals surface area contributed by atoms with Crippen molar-refractivity contribution in [1.29, 1.82) is 0 Å². The molecule has 0 saturated carbocycles. The fourth-order valence-corrected chi connectivity index (χ4v) is 7.69. The lowest BCUT2D eigenvalue weighted by molar-refractivity contribution is 0.104. The molecule has 3 aromatic rings. The summed E-state index contributed by atoms with van der Waals surface area (Å²) in [5.74, 6) is -1.01. The predicted molar refractivity (Wildman–Crippen MR) is 134 cm³/mol. The summed E-state index contributed by atoms with van der Waals surface area (Å²) in [6.07, 6.45) is 1.25. The number of allylic oxidation sites excluding steroid dienone is 1. The average molecular weight is 513 g/mol. The molecular formula is C23H17FN4O3S3. The van der Waals surface area contributed by atoms with Crippen LogP contribution in [0.25, 0.3) is 0 Å². The van der Waals surface area contributed by atoms with Crippen LogP contribution in [0.5, 0.6) is 0 Å². The van der Waals surface area contributed by atoms with Gasteiger partial charge in [0.2, 0.25) is 5.78 Å². The summed E-state index contributed by atoms with van der Waals surface area (Å²) >= 11 is 2.79.